The Labute approximate surface area is 100 Å². The summed E-state index contributed by atoms with van der Waals surface area (Å²) >= 11 is 0. The number of hydrogen-bond acceptors (Lipinski definition) is 3. The van der Waals surface area contributed by atoms with Crippen molar-refractivity contribution in [3.63, 3.8) is 0 Å². The van der Waals surface area contributed by atoms with E-state index >= 15 is 0 Å². The number of rotatable bonds is 7. The third-order valence-corrected chi connectivity index (χ3v) is 2.37. The highest BCUT2D eigenvalue weighted by molar-refractivity contribution is 5.04. The molecule has 0 aromatic heterocycles. The van der Waals surface area contributed by atoms with Gasteiger partial charge in [0.25, 0.3) is 0 Å². The highest BCUT2D eigenvalue weighted by Gasteiger charge is 2.14. The van der Waals surface area contributed by atoms with Crippen molar-refractivity contribution >= 4 is 0 Å². The van der Waals surface area contributed by atoms with Crippen LogP contribution in [-0.4, -0.2) is 55.7 Å². The predicted octanol–water partition coefficient (Wildman–Crippen LogP) is 1.57. The van der Waals surface area contributed by atoms with Gasteiger partial charge in [0.1, 0.15) is 0 Å². The van der Waals surface area contributed by atoms with Crippen LogP contribution in [0.4, 0.5) is 0 Å². The topological polar surface area (TPSA) is 26.7 Å². The summed E-state index contributed by atoms with van der Waals surface area (Å²) in [5, 5.41) is 9.96. The molecule has 0 aromatic carbocycles. The highest BCUT2D eigenvalue weighted by atomic mass is 16.3. The zero-order valence-electron chi connectivity index (χ0n) is 11.2. The van der Waals surface area contributed by atoms with E-state index < -0.39 is 0 Å². The Morgan fingerprint density at radius 1 is 1.12 bits per heavy atom. The number of aliphatic hydroxyl groups excluding tert-OH is 1. The fourth-order valence-electron chi connectivity index (χ4n) is 1.47. The number of nitrogens with zero attached hydrogens (tertiary/aromatic N) is 2. The molecule has 16 heavy (non-hydrogen) atoms. The molecule has 0 aliphatic rings. The van der Waals surface area contributed by atoms with E-state index in [4.69, 9.17) is 0 Å². The summed E-state index contributed by atoms with van der Waals surface area (Å²) in [5.74, 6) is 0.231. The lowest BCUT2D eigenvalue weighted by atomic mass is 9.98. The summed E-state index contributed by atoms with van der Waals surface area (Å²) in [7, 11) is 7.93. The van der Waals surface area contributed by atoms with E-state index in [-0.39, 0.29) is 12.0 Å². The van der Waals surface area contributed by atoms with Crippen molar-refractivity contribution in [2.24, 2.45) is 5.92 Å². The maximum Gasteiger partial charge on any atom is 0.0729 e. The standard InChI is InChI=1S/C13H26N2O/c1-6-12(13(16)11-15(4)5)9-7-8-10-14(2)3/h7-10,12-13,16H,6,11H2,1-5H3/b9-7?,10-8+. The fourth-order valence-corrected chi connectivity index (χ4v) is 1.47. The van der Waals surface area contributed by atoms with Crippen LogP contribution < -0.4 is 0 Å². The van der Waals surface area contributed by atoms with Gasteiger partial charge in [-0.15, -0.1) is 0 Å². The molecule has 0 aliphatic heterocycles. The Morgan fingerprint density at radius 2 is 1.75 bits per heavy atom. The molecule has 3 heteroatoms. The van der Waals surface area contributed by atoms with Gasteiger partial charge in [-0.3, -0.25) is 0 Å². The average Bonchev–Trinajstić information content (AvgIpc) is 2.16. The number of likely N-dealkylation sites (N-methyl/N-ethyl adjacent to an activating group) is 1. The van der Waals surface area contributed by atoms with E-state index in [2.05, 4.69) is 13.0 Å². The first-order valence-corrected chi connectivity index (χ1v) is 5.81. The smallest absolute Gasteiger partial charge is 0.0729 e. The zero-order valence-corrected chi connectivity index (χ0v) is 11.2. The quantitative estimate of drug-likeness (QED) is 0.668. The minimum absolute atomic E-state index is 0.231. The van der Waals surface area contributed by atoms with E-state index in [0.717, 1.165) is 6.42 Å². The van der Waals surface area contributed by atoms with Crippen molar-refractivity contribution < 1.29 is 5.11 Å². The van der Waals surface area contributed by atoms with E-state index in [1.165, 1.54) is 0 Å². The highest BCUT2D eigenvalue weighted by Crippen LogP contribution is 2.11. The maximum atomic E-state index is 9.96. The Hall–Kier alpha value is -0.800. The Bertz CT molecular complexity index is 222. The number of aliphatic hydroxyl groups is 1. The van der Waals surface area contributed by atoms with Crippen LogP contribution in [-0.2, 0) is 0 Å². The summed E-state index contributed by atoms with van der Waals surface area (Å²) in [6.07, 6.45) is 8.73. The molecule has 0 saturated carbocycles. The third-order valence-electron chi connectivity index (χ3n) is 2.37. The van der Waals surface area contributed by atoms with Crippen LogP contribution in [0.2, 0.25) is 0 Å². The predicted molar refractivity (Wildman–Crippen MR) is 70.3 cm³/mol. The summed E-state index contributed by atoms with van der Waals surface area (Å²) in [6, 6.07) is 0. The second-order valence-electron chi connectivity index (χ2n) is 4.59. The first kappa shape index (κ1) is 15.2. The molecule has 0 heterocycles. The zero-order chi connectivity index (χ0) is 12.6. The van der Waals surface area contributed by atoms with Crippen molar-refractivity contribution in [2.75, 3.05) is 34.7 Å². The molecule has 0 rings (SSSR count). The molecule has 0 aromatic rings. The molecule has 0 fully saturated rings. The number of allylic oxidation sites excluding steroid dienone is 2. The van der Waals surface area contributed by atoms with Crippen molar-refractivity contribution in [2.45, 2.75) is 19.4 Å². The van der Waals surface area contributed by atoms with Crippen molar-refractivity contribution in [1.29, 1.82) is 0 Å². The molecular weight excluding hydrogens is 200 g/mol. The molecular formula is C13H26N2O. The van der Waals surface area contributed by atoms with Crippen LogP contribution in [0, 0.1) is 5.92 Å². The third kappa shape index (κ3) is 7.49. The molecule has 2 atom stereocenters. The van der Waals surface area contributed by atoms with E-state index in [1.54, 1.807) is 0 Å². The lowest BCUT2D eigenvalue weighted by molar-refractivity contribution is 0.0968. The van der Waals surface area contributed by atoms with Gasteiger partial charge in [-0.2, -0.15) is 0 Å². The van der Waals surface area contributed by atoms with Crippen LogP contribution in [0.15, 0.2) is 24.4 Å². The van der Waals surface area contributed by atoms with Gasteiger partial charge in [0.05, 0.1) is 6.10 Å². The van der Waals surface area contributed by atoms with Gasteiger partial charge in [0.15, 0.2) is 0 Å². The first-order chi connectivity index (χ1) is 7.47. The maximum absolute atomic E-state index is 9.96. The van der Waals surface area contributed by atoms with Gasteiger partial charge < -0.3 is 14.9 Å². The normalized spacial score (nSPS) is 16.2. The van der Waals surface area contributed by atoms with Crippen LogP contribution >= 0.6 is 0 Å². The SMILES string of the molecule is CCC(C=C/C=C/N(C)C)C(O)CN(C)C. The molecule has 94 valence electrons. The van der Waals surface area contributed by atoms with Crippen LogP contribution in [0.25, 0.3) is 0 Å². The Morgan fingerprint density at radius 3 is 2.19 bits per heavy atom. The van der Waals surface area contributed by atoms with Crippen LogP contribution in [0.1, 0.15) is 13.3 Å². The summed E-state index contributed by atoms with van der Waals surface area (Å²) in [5.41, 5.74) is 0. The van der Waals surface area contributed by atoms with E-state index in [9.17, 15) is 5.11 Å². The van der Waals surface area contributed by atoms with Gasteiger partial charge >= 0.3 is 0 Å². The van der Waals surface area contributed by atoms with Crippen LogP contribution in [0.3, 0.4) is 0 Å². The van der Waals surface area contributed by atoms with Gasteiger partial charge in [-0.25, -0.2) is 0 Å². The summed E-state index contributed by atoms with van der Waals surface area (Å²) in [6.45, 7) is 2.81. The molecule has 0 bridgehead atoms. The van der Waals surface area contributed by atoms with Gasteiger partial charge in [-0.1, -0.05) is 19.1 Å². The molecule has 0 radical (unpaired) electrons. The lowest BCUT2D eigenvalue weighted by Crippen LogP contribution is -2.31. The second-order valence-corrected chi connectivity index (χ2v) is 4.59. The van der Waals surface area contributed by atoms with Crippen molar-refractivity contribution in [3.05, 3.63) is 24.4 Å². The molecule has 3 nitrogen and oxygen atoms in total. The molecule has 0 spiro atoms. The number of hydrogen-bond donors (Lipinski definition) is 1. The minimum Gasteiger partial charge on any atom is -0.391 e. The van der Waals surface area contributed by atoms with Gasteiger partial charge in [0.2, 0.25) is 0 Å². The largest absolute Gasteiger partial charge is 0.391 e. The summed E-state index contributed by atoms with van der Waals surface area (Å²) < 4.78 is 0. The van der Waals surface area contributed by atoms with E-state index in [0.29, 0.717) is 6.54 Å². The monoisotopic (exact) mass is 226 g/mol. The minimum atomic E-state index is -0.288. The van der Waals surface area contributed by atoms with Crippen molar-refractivity contribution in [3.8, 4) is 0 Å². The molecule has 0 saturated heterocycles. The molecule has 0 aliphatic carbocycles. The van der Waals surface area contributed by atoms with Crippen LogP contribution in [0.5, 0.6) is 0 Å². The Balaban J connectivity index is 4.18. The lowest BCUT2D eigenvalue weighted by Gasteiger charge is -2.21. The second kappa shape index (κ2) is 8.36. The molecule has 2 unspecified atom stereocenters. The molecule has 0 amide bonds. The Kier molecular flexibility index (Phi) is 7.95. The van der Waals surface area contributed by atoms with Crippen molar-refractivity contribution in [1.82, 2.24) is 9.80 Å². The first-order valence-electron chi connectivity index (χ1n) is 5.81. The summed E-state index contributed by atoms with van der Waals surface area (Å²) in [4.78, 5) is 4.00. The van der Waals surface area contributed by atoms with Gasteiger partial charge in [0, 0.05) is 26.6 Å². The molecule has 1 N–H and O–H groups in total. The van der Waals surface area contributed by atoms with E-state index in [1.807, 2.05) is 56.3 Å². The average molecular weight is 226 g/mol. The fraction of sp³-hybridized carbons (Fsp3) is 0.692. The van der Waals surface area contributed by atoms with Gasteiger partial charge in [-0.05, 0) is 32.8 Å².